The Kier molecular flexibility index (Phi) is 6.42. The van der Waals surface area contributed by atoms with Crippen molar-refractivity contribution >= 4 is 11.8 Å². The lowest BCUT2D eigenvalue weighted by molar-refractivity contribution is -0.141. The van der Waals surface area contributed by atoms with Gasteiger partial charge in [0.05, 0.1) is 11.5 Å². The van der Waals surface area contributed by atoms with Gasteiger partial charge in [-0.15, -0.1) is 0 Å². The van der Waals surface area contributed by atoms with Gasteiger partial charge in [0.25, 0.3) is 5.91 Å². The Bertz CT molecular complexity index is 921. The molecule has 0 aromatic heterocycles. The Labute approximate surface area is 185 Å². The molecule has 1 aliphatic carbocycles. The molecule has 0 bridgehead atoms. The van der Waals surface area contributed by atoms with Crippen molar-refractivity contribution in [2.24, 2.45) is 0 Å². The van der Waals surface area contributed by atoms with Crippen LogP contribution in [-0.2, 0) is 10.2 Å². The fourth-order valence-electron chi connectivity index (χ4n) is 5.29. The first-order chi connectivity index (χ1) is 15.0. The van der Waals surface area contributed by atoms with E-state index < -0.39 is 5.41 Å². The van der Waals surface area contributed by atoms with E-state index >= 15 is 0 Å². The minimum atomic E-state index is -0.399. The van der Waals surface area contributed by atoms with Crippen LogP contribution in [0.15, 0.2) is 54.6 Å². The lowest BCUT2D eigenvalue weighted by Crippen LogP contribution is -2.55. The van der Waals surface area contributed by atoms with Gasteiger partial charge < -0.3 is 10.2 Å². The fraction of sp³-hybridized carbons (Fsp3) is 0.462. The maximum atomic E-state index is 14.0. The van der Waals surface area contributed by atoms with Crippen LogP contribution in [0.1, 0.15) is 59.6 Å². The van der Waals surface area contributed by atoms with Crippen LogP contribution < -0.4 is 5.32 Å². The number of likely N-dealkylation sites (N-methyl/N-ethyl adjacent to an activating group) is 1. The smallest absolute Gasteiger partial charge is 0.251 e. The molecule has 1 atom stereocenters. The molecule has 2 fully saturated rings. The third-order valence-electron chi connectivity index (χ3n) is 7.14. The van der Waals surface area contributed by atoms with Crippen LogP contribution in [0.4, 0.5) is 0 Å². The zero-order valence-corrected chi connectivity index (χ0v) is 18.6. The molecular formula is C26H33N3O2. The second kappa shape index (κ2) is 9.23. The molecule has 31 heavy (non-hydrogen) atoms. The molecule has 164 valence electrons. The van der Waals surface area contributed by atoms with Gasteiger partial charge in [0.15, 0.2) is 0 Å². The van der Waals surface area contributed by atoms with Crippen molar-refractivity contribution in [3.8, 4) is 0 Å². The first-order valence-corrected chi connectivity index (χ1v) is 11.4. The van der Waals surface area contributed by atoms with Crippen LogP contribution in [0.2, 0.25) is 0 Å². The van der Waals surface area contributed by atoms with Gasteiger partial charge in [-0.25, -0.2) is 0 Å². The molecule has 1 heterocycles. The highest BCUT2D eigenvalue weighted by Gasteiger charge is 2.44. The highest BCUT2D eigenvalue weighted by atomic mass is 16.2. The van der Waals surface area contributed by atoms with Crippen LogP contribution in [0, 0.1) is 0 Å². The van der Waals surface area contributed by atoms with Crippen molar-refractivity contribution < 1.29 is 9.59 Å². The summed E-state index contributed by atoms with van der Waals surface area (Å²) in [6.07, 6.45) is 5.27. The predicted molar refractivity (Wildman–Crippen MR) is 123 cm³/mol. The Hall–Kier alpha value is -2.66. The van der Waals surface area contributed by atoms with Gasteiger partial charge >= 0.3 is 0 Å². The molecule has 5 heteroatoms. The van der Waals surface area contributed by atoms with Crippen molar-refractivity contribution in [3.63, 3.8) is 0 Å². The van der Waals surface area contributed by atoms with Gasteiger partial charge in [0.1, 0.15) is 0 Å². The SMILES string of the molecule is CNC(=O)c1cccc([C@@H]2CN(C(=O)C3(c4ccccc4)CCCCC3)CCN2C)c1. The van der Waals surface area contributed by atoms with Crippen molar-refractivity contribution in [1.82, 2.24) is 15.1 Å². The third kappa shape index (κ3) is 4.24. The summed E-state index contributed by atoms with van der Waals surface area (Å²) in [6.45, 7) is 2.22. The number of hydrogen-bond acceptors (Lipinski definition) is 3. The molecule has 0 unspecified atom stereocenters. The molecule has 2 aromatic carbocycles. The van der Waals surface area contributed by atoms with Crippen LogP contribution in [0.5, 0.6) is 0 Å². The van der Waals surface area contributed by atoms with E-state index in [9.17, 15) is 9.59 Å². The normalized spacial score (nSPS) is 21.5. The van der Waals surface area contributed by atoms with Crippen LogP contribution in [0.25, 0.3) is 0 Å². The first-order valence-electron chi connectivity index (χ1n) is 11.4. The zero-order chi connectivity index (χ0) is 21.8. The van der Waals surface area contributed by atoms with Gasteiger partial charge in [-0.05, 0) is 43.1 Å². The average molecular weight is 420 g/mol. The summed E-state index contributed by atoms with van der Waals surface area (Å²) in [7, 11) is 3.75. The topological polar surface area (TPSA) is 52.7 Å². The lowest BCUT2D eigenvalue weighted by atomic mass is 9.68. The van der Waals surface area contributed by atoms with Crippen LogP contribution >= 0.6 is 0 Å². The van der Waals surface area contributed by atoms with Gasteiger partial charge in [0.2, 0.25) is 5.91 Å². The van der Waals surface area contributed by atoms with E-state index in [-0.39, 0.29) is 17.9 Å². The number of hydrogen-bond donors (Lipinski definition) is 1. The Morgan fingerprint density at radius 2 is 1.71 bits per heavy atom. The molecule has 2 amide bonds. The lowest BCUT2D eigenvalue weighted by Gasteiger charge is -2.45. The van der Waals surface area contributed by atoms with Gasteiger partial charge in [-0.3, -0.25) is 14.5 Å². The summed E-state index contributed by atoms with van der Waals surface area (Å²) in [4.78, 5) is 30.5. The van der Waals surface area contributed by atoms with E-state index in [2.05, 4.69) is 52.5 Å². The first kappa shape index (κ1) is 21.6. The summed E-state index contributed by atoms with van der Waals surface area (Å²) in [5.41, 5.74) is 2.50. The quantitative estimate of drug-likeness (QED) is 0.821. The Morgan fingerprint density at radius 3 is 2.42 bits per heavy atom. The largest absolute Gasteiger partial charge is 0.355 e. The van der Waals surface area contributed by atoms with Gasteiger partial charge in [0, 0.05) is 32.2 Å². The minimum Gasteiger partial charge on any atom is -0.355 e. The highest BCUT2D eigenvalue weighted by Crippen LogP contribution is 2.42. The monoisotopic (exact) mass is 419 g/mol. The van der Waals surface area contributed by atoms with E-state index in [1.165, 1.54) is 6.42 Å². The number of carbonyl (C=O) groups is 2. The fourth-order valence-corrected chi connectivity index (χ4v) is 5.29. The second-order valence-corrected chi connectivity index (χ2v) is 8.96. The summed E-state index contributed by atoms with van der Waals surface area (Å²) in [5, 5.41) is 2.70. The molecule has 1 aliphatic heterocycles. The van der Waals surface area contributed by atoms with E-state index in [1.54, 1.807) is 7.05 Å². The Balaban J connectivity index is 1.61. The number of nitrogens with zero attached hydrogens (tertiary/aromatic N) is 2. The van der Waals surface area contributed by atoms with Crippen molar-refractivity contribution in [3.05, 3.63) is 71.3 Å². The van der Waals surface area contributed by atoms with E-state index in [0.29, 0.717) is 12.1 Å². The molecule has 2 aliphatic rings. The van der Waals surface area contributed by atoms with Crippen molar-refractivity contribution in [2.45, 2.75) is 43.6 Å². The maximum Gasteiger partial charge on any atom is 0.251 e. The van der Waals surface area contributed by atoms with E-state index in [4.69, 9.17) is 0 Å². The van der Waals surface area contributed by atoms with Gasteiger partial charge in [-0.2, -0.15) is 0 Å². The summed E-state index contributed by atoms with van der Waals surface area (Å²) >= 11 is 0. The van der Waals surface area contributed by atoms with Crippen molar-refractivity contribution in [1.29, 1.82) is 0 Å². The van der Waals surface area contributed by atoms with E-state index in [0.717, 1.165) is 49.9 Å². The summed E-state index contributed by atoms with van der Waals surface area (Å²) in [5.74, 6) is 0.192. The standard InChI is InChI=1S/C26H33N3O2/c1-27-24(30)21-11-9-10-20(18-21)23-19-29(17-16-28(23)2)25(31)26(14-7-4-8-15-26)22-12-5-3-6-13-22/h3,5-6,9-13,18,23H,4,7-8,14-17,19H2,1-2H3,(H,27,30)/t23-/m0/s1. The zero-order valence-electron chi connectivity index (χ0n) is 18.6. The second-order valence-electron chi connectivity index (χ2n) is 8.96. The molecule has 0 radical (unpaired) electrons. The third-order valence-corrected chi connectivity index (χ3v) is 7.14. The summed E-state index contributed by atoms with van der Waals surface area (Å²) < 4.78 is 0. The highest BCUT2D eigenvalue weighted by molar-refractivity contribution is 5.94. The van der Waals surface area contributed by atoms with Crippen molar-refractivity contribution in [2.75, 3.05) is 33.7 Å². The number of nitrogens with one attached hydrogen (secondary N) is 1. The molecule has 1 saturated heterocycles. The molecule has 1 saturated carbocycles. The Morgan fingerprint density at radius 1 is 0.968 bits per heavy atom. The molecular weight excluding hydrogens is 386 g/mol. The predicted octanol–water partition coefficient (Wildman–Crippen LogP) is 3.76. The molecule has 4 rings (SSSR count). The number of carbonyl (C=O) groups excluding carboxylic acids is 2. The maximum absolute atomic E-state index is 14.0. The molecule has 5 nitrogen and oxygen atoms in total. The number of amides is 2. The molecule has 1 N–H and O–H groups in total. The van der Waals surface area contributed by atoms with Crippen LogP contribution in [-0.4, -0.2) is 55.3 Å². The van der Waals surface area contributed by atoms with E-state index in [1.807, 2.05) is 24.3 Å². The van der Waals surface area contributed by atoms with Crippen LogP contribution in [0.3, 0.4) is 0 Å². The minimum absolute atomic E-state index is 0.0821. The number of benzene rings is 2. The molecule has 2 aromatic rings. The number of piperazine rings is 1. The van der Waals surface area contributed by atoms with Gasteiger partial charge in [-0.1, -0.05) is 61.7 Å². The number of rotatable bonds is 4. The summed E-state index contributed by atoms with van der Waals surface area (Å²) in [6, 6.07) is 18.3. The average Bonchev–Trinajstić information content (AvgIpc) is 2.84. The molecule has 0 spiro atoms.